The maximum Gasteiger partial charge on any atom is 0.133 e. The molecule has 0 bridgehead atoms. The van der Waals surface area contributed by atoms with E-state index in [1.807, 2.05) is 18.2 Å². The lowest BCUT2D eigenvalue weighted by atomic mass is 10.3. The van der Waals surface area contributed by atoms with Gasteiger partial charge >= 0.3 is 0 Å². The molecule has 1 aromatic carbocycles. The van der Waals surface area contributed by atoms with Crippen LogP contribution in [0.15, 0.2) is 46.6 Å². The van der Waals surface area contributed by atoms with Crippen LogP contribution in [0.4, 0.5) is 5.82 Å². The fraction of sp³-hybridized carbons (Fsp3) is 0.286. The molecule has 1 saturated heterocycles. The van der Waals surface area contributed by atoms with Gasteiger partial charge in [-0.2, -0.15) is 0 Å². The van der Waals surface area contributed by atoms with Crippen molar-refractivity contribution in [3.8, 4) is 5.75 Å². The van der Waals surface area contributed by atoms with Crippen LogP contribution in [-0.4, -0.2) is 28.2 Å². The molecular weight excluding hydrogens is 258 g/mol. The minimum Gasteiger partial charge on any atom is -0.508 e. The van der Waals surface area contributed by atoms with Crippen LogP contribution in [0.2, 0.25) is 0 Å². The highest BCUT2D eigenvalue weighted by atomic mass is 32.2. The second-order valence-corrected chi connectivity index (χ2v) is 5.60. The molecule has 0 amide bonds. The summed E-state index contributed by atoms with van der Waals surface area (Å²) in [7, 11) is 0. The molecule has 0 spiro atoms. The lowest BCUT2D eigenvalue weighted by molar-refractivity contribution is 0.474. The van der Waals surface area contributed by atoms with Gasteiger partial charge in [-0.05, 0) is 31.0 Å². The van der Waals surface area contributed by atoms with E-state index in [1.165, 1.54) is 24.6 Å². The van der Waals surface area contributed by atoms with E-state index in [0.29, 0.717) is 0 Å². The number of nitrogens with zero attached hydrogens (tertiary/aromatic N) is 3. The van der Waals surface area contributed by atoms with Gasteiger partial charge in [0.1, 0.15) is 22.9 Å². The van der Waals surface area contributed by atoms with Gasteiger partial charge in [-0.25, -0.2) is 9.97 Å². The smallest absolute Gasteiger partial charge is 0.133 e. The van der Waals surface area contributed by atoms with E-state index in [0.717, 1.165) is 28.8 Å². The fourth-order valence-corrected chi connectivity index (χ4v) is 3.00. The third-order valence-electron chi connectivity index (χ3n) is 3.10. The molecule has 98 valence electrons. The number of anilines is 1. The molecular formula is C14H15N3OS. The lowest BCUT2D eigenvalue weighted by Gasteiger charge is -2.16. The van der Waals surface area contributed by atoms with Crippen molar-refractivity contribution in [3.63, 3.8) is 0 Å². The van der Waals surface area contributed by atoms with Crippen LogP contribution in [-0.2, 0) is 0 Å². The molecule has 0 atom stereocenters. The molecule has 0 saturated carbocycles. The van der Waals surface area contributed by atoms with E-state index in [4.69, 9.17) is 0 Å². The summed E-state index contributed by atoms with van der Waals surface area (Å²) in [5.74, 6) is 1.27. The van der Waals surface area contributed by atoms with Crippen molar-refractivity contribution >= 4 is 17.6 Å². The Labute approximate surface area is 116 Å². The van der Waals surface area contributed by atoms with Gasteiger partial charge in [0.05, 0.1) is 0 Å². The molecule has 3 rings (SSSR count). The lowest BCUT2D eigenvalue weighted by Crippen LogP contribution is -2.18. The summed E-state index contributed by atoms with van der Waals surface area (Å²) in [4.78, 5) is 11.9. The molecule has 0 unspecified atom stereocenters. The summed E-state index contributed by atoms with van der Waals surface area (Å²) in [6.45, 7) is 2.15. The zero-order chi connectivity index (χ0) is 13.1. The monoisotopic (exact) mass is 273 g/mol. The Morgan fingerprint density at radius 2 is 1.95 bits per heavy atom. The van der Waals surface area contributed by atoms with Gasteiger partial charge in [0.15, 0.2) is 0 Å². The van der Waals surface area contributed by atoms with Crippen molar-refractivity contribution in [2.24, 2.45) is 0 Å². The van der Waals surface area contributed by atoms with Crippen LogP contribution in [0.25, 0.3) is 0 Å². The van der Waals surface area contributed by atoms with Gasteiger partial charge in [0.2, 0.25) is 0 Å². The Hall–Kier alpha value is -1.75. The van der Waals surface area contributed by atoms with Gasteiger partial charge in [-0.15, -0.1) is 0 Å². The maximum absolute atomic E-state index is 9.46. The Morgan fingerprint density at radius 3 is 2.74 bits per heavy atom. The summed E-state index contributed by atoms with van der Waals surface area (Å²) in [6, 6.07) is 9.21. The third-order valence-corrected chi connectivity index (χ3v) is 4.02. The number of aromatic hydroxyl groups is 1. The minimum absolute atomic E-state index is 0.277. The van der Waals surface area contributed by atoms with Crippen molar-refractivity contribution < 1.29 is 5.11 Å². The molecule has 1 aliphatic heterocycles. The maximum atomic E-state index is 9.46. The Morgan fingerprint density at radius 1 is 1.11 bits per heavy atom. The van der Waals surface area contributed by atoms with Crippen LogP contribution in [0.1, 0.15) is 12.8 Å². The highest BCUT2D eigenvalue weighted by Crippen LogP contribution is 2.30. The first-order chi connectivity index (χ1) is 9.31. The molecule has 0 aliphatic carbocycles. The van der Waals surface area contributed by atoms with E-state index >= 15 is 0 Å². The van der Waals surface area contributed by atoms with Crippen molar-refractivity contribution in [3.05, 3.63) is 36.7 Å². The second-order valence-electron chi connectivity index (χ2n) is 4.51. The van der Waals surface area contributed by atoms with Crippen LogP contribution >= 0.6 is 11.8 Å². The Bertz CT molecular complexity index is 570. The number of hydrogen-bond acceptors (Lipinski definition) is 5. The molecule has 2 heterocycles. The molecule has 1 N–H and O–H groups in total. The van der Waals surface area contributed by atoms with Crippen molar-refractivity contribution in [1.29, 1.82) is 0 Å². The van der Waals surface area contributed by atoms with Crippen molar-refractivity contribution in [2.75, 3.05) is 18.0 Å². The topological polar surface area (TPSA) is 49.2 Å². The van der Waals surface area contributed by atoms with Crippen LogP contribution < -0.4 is 4.90 Å². The molecule has 1 aromatic heterocycles. The largest absolute Gasteiger partial charge is 0.508 e. The average molecular weight is 273 g/mol. The first kappa shape index (κ1) is 12.3. The van der Waals surface area contributed by atoms with E-state index in [2.05, 4.69) is 14.9 Å². The van der Waals surface area contributed by atoms with Gasteiger partial charge in [-0.1, -0.05) is 17.8 Å². The molecule has 5 heteroatoms. The van der Waals surface area contributed by atoms with Crippen LogP contribution in [0.5, 0.6) is 5.75 Å². The second kappa shape index (κ2) is 5.48. The SMILES string of the molecule is Oc1cccc(Sc2cc(N3CCCC3)ncn2)c1. The molecule has 1 fully saturated rings. The molecule has 4 nitrogen and oxygen atoms in total. The van der Waals surface area contributed by atoms with Crippen molar-refractivity contribution in [1.82, 2.24) is 9.97 Å². The quantitative estimate of drug-likeness (QED) is 0.871. The average Bonchev–Trinajstić information content (AvgIpc) is 2.93. The van der Waals surface area contributed by atoms with E-state index < -0.39 is 0 Å². The number of rotatable bonds is 3. The summed E-state index contributed by atoms with van der Waals surface area (Å²) < 4.78 is 0. The number of benzene rings is 1. The summed E-state index contributed by atoms with van der Waals surface area (Å²) in [5.41, 5.74) is 0. The van der Waals surface area contributed by atoms with Gasteiger partial charge < -0.3 is 10.0 Å². The van der Waals surface area contributed by atoms with Crippen LogP contribution in [0.3, 0.4) is 0 Å². The van der Waals surface area contributed by atoms with Gasteiger partial charge in [-0.3, -0.25) is 0 Å². The van der Waals surface area contributed by atoms with Gasteiger partial charge in [0.25, 0.3) is 0 Å². The predicted octanol–water partition coefficient (Wildman–Crippen LogP) is 2.93. The predicted molar refractivity (Wildman–Crippen MR) is 75.7 cm³/mol. The standard InChI is InChI=1S/C14H15N3OS/c18-11-4-3-5-12(8-11)19-14-9-13(15-10-16-14)17-6-1-2-7-17/h3-5,8-10,18H,1-2,6-7H2. The molecule has 1 aliphatic rings. The number of hydrogen-bond donors (Lipinski definition) is 1. The molecule has 0 radical (unpaired) electrons. The highest BCUT2D eigenvalue weighted by molar-refractivity contribution is 7.99. The van der Waals surface area contributed by atoms with Gasteiger partial charge in [0, 0.05) is 24.1 Å². The highest BCUT2D eigenvalue weighted by Gasteiger charge is 2.14. The number of phenols is 1. The molecule has 19 heavy (non-hydrogen) atoms. The summed E-state index contributed by atoms with van der Waals surface area (Å²) in [6.07, 6.45) is 4.08. The first-order valence-corrected chi connectivity index (χ1v) is 7.17. The summed E-state index contributed by atoms with van der Waals surface area (Å²) >= 11 is 1.54. The van der Waals surface area contributed by atoms with E-state index in [-0.39, 0.29) is 5.75 Å². The normalized spacial score (nSPS) is 14.8. The fourth-order valence-electron chi connectivity index (χ4n) is 2.17. The zero-order valence-electron chi connectivity index (χ0n) is 10.5. The zero-order valence-corrected chi connectivity index (χ0v) is 11.3. The molecule has 2 aromatic rings. The summed E-state index contributed by atoms with van der Waals surface area (Å²) in [5, 5.41) is 10.4. The third kappa shape index (κ3) is 2.98. The van der Waals surface area contributed by atoms with E-state index in [9.17, 15) is 5.11 Å². The minimum atomic E-state index is 0.277. The van der Waals surface area contributed by atoms with E-state index in [1.54, 1.807) is 18.5 Å². The van der Waals surface area contributed by atoms with Crippen molar-refractivity contribution in [2.45, 2.75) is 22.8 Å². The Kier molecular flexibility index (Phi) is 3.55. The number of aromatic nitrogens is 2. The first-order valence-electron chi connectivity index (χ1n) is 6.35. The number of phenolic OH excluding ortho intramolecular Hbond substituents is 1. The van der Waals surface area contributed by atoms with Crippen LogP contribution in [0, 0.1) is 0 Å². The Balaban J connectivity index is 1.79.